The van der Waals surface area contributed by atoms with Crippen molar-refractivity contribution in [3.63, 3.8) is 0 Å². The van der Waals surface area contributed by atoms with E-state index in [1.165, 1.54) is 38.5 Å². The van der Waals surface area contributed by atoms with Crippen LogP contribution in [-0.2, 0) is 0 Å². The van der Waals surface area contributed by atoms with Crippen LogP contribution >= 0.6 is 0 Å². The predicted octanol–water partition coefficient (Wildman–Crippen LogP) is 4.73. The first kappa shape index (κ1) is 11.0. The molecule has 0 aromatic rings. The minimum absolute atomic E-state index is 0.893. The Kier molecular flexibility index (Phi) is 3.66. The Labute approximate surface area is 94.5 Å². The fourth-order valence-corrected chi connectivity index (χ4v) is 3.13. The minimum atomic E-state index is 0.893. The van der Waals surface area contributed by atoms with E-state index in [1.54, 1.807) is 5.57 Å². The van der Waals surface area contributed by atoms with Crippen molar-refractivity contribution in [1.29, 1.82) is 0 Å². The maximum absolute atomic E-state index is 2.45. The largest absolute Gasteiger partial charge is 0.0840 e. The molecule has 0 aromatic heterocycles. The van der Waals surface area contributed by atoms with Crippen molar-refractivity contribution in [2.24, 2.45) is 17.8 Å². The molecule has 0 spiro atoms. The van der Waals surface area contributed by atoms with Gasteiger partial charge in [0.15, 0.2) is 0 Å². The Bertz CT molecular complexity index is 259. The zero-order valence-electron chi connectivity index (χ0n) is 10.2. The van der Waals surface area contributed by atoms with Gasteiger partial charge in [0.05, 0.1) is 0 Å². The van der Waals surface area contributed by atoms with Crippen LogP contribution < -0.4 is 0 Å². The van der Waals surface area contributed by atoms with Crippen molar-refractivity contribution in [3.8, 4) is 0 Å². The zero-order chi connectivity index (χ0) is 10.7. The van der Waals surface area contributed by atoms with Gasteiger partial charge in [0, 0.05) is 0 Å². The van der Waals surface area contributed by atoms with E-state index in [-0.39, 0.29) is 0 Å². The lowest BCUT2D eigenvalue weighted by Crippen LogP contribution is -2.09. The highest BCUT2D eigenvalue weighted by atomic mass is 14.3. The quantitative estimate of drug-likeness (QED) is 0.623. The molecule has 15 heavy (non-hydrogen) atoms. The lowest BCUT2D eigenvalue weighted by Gasteiger charge is -2.20. The van der Waals surface area contributed by atoms with Crippen LogP contribution in [0.2, 0.25) is 0 Å². The highest BCUT2D eigenvalue weighted by Crippen LogP contribution is 2.38. The molecule has 2 aliphatic carbocycles. The van der Waals surface area contributed by atoms with Crippen LogP contribution in [0.3, 0.4) is 0 Å². The van der Waals surface area contributed by atoms with E-state index in [9.17, 15) is 0 Å². The maximum atomic E-state index is 2.45. The fourth-order valence-electron chi connectivity index (χ4n) is 3.13. The van der Waals surface area contributed by atoms with E-state index in [4.69, 9.17) is 0 Å². The molecule has 0 aliphatic heterocycles. The average Bonchev–Trinajstić information content (AvgIpc) is 2.66. The first-order chi connectivity index (χ1) is 7.25. The molecule has 84 valence electrons. The van der Waals surface area contributed by atoms with Gasteiger partial charge in [-0.3, -0.25) is 0 Å². The van der Waals surface area contributed by atoms with Gasteiger partial charge < -0.3 is 0 Å². The summed E-state index contributed by atoms with van der Waals surface area (Å²) in [4.78, 5) is 0. The second-order valence-corrected chi connectivity index (χ2v) is 5.62. The summed E-state index contributed by atoms with van der Waals surface area (Å²) in [6.07, 6.45) is 15.3. The number of rotatable bonds is 3. The molecule has 0 heteroatoms. The molecule has 3 unspecified atom stereocenters. The standard InChI is InChI=1S/C15H24/c1-12-8-9-15(10-12)13(2)11-14-6-4-3-5-7-14/h4,6-7,12-13,15H,3,5,8-11H2,1-2H3. The molecule has 2 aliphatic rings. The summed E-state index contributed by atoms with van der Waals surface area (Å²) in [5.41, 5.74) is 1.59. The smallest absolute Gasteiger partial charge is 0.0254 e. The third kappa shape index (κ3) is 2.96. The van der Waals surface area contributed by atoms with Crippen LogP contribution in [0, 0.1) is 17.8 Å². The lowest BCUT2D eigenvalue weighted by atomic mass is 9.85. The first-order valence-electron chi connectivity index (χ1n) is 6.61. The summed E-state index contributed by atoms with van der Waals surface area (Å²) in [5.74, 6) is 2.87. The van der Waals surface area contributed by atoms with Gasteiger partial charge in [-0.1, -0.05) is 44.1 Å². The van der Waals surface area contributed by atoms with Crippen LogP contribution in [0.4, 0.5) is 0 Å². The van der Waals surface area contributed by atoms with Gasteiger partial charge in [0.25, 0.3) is 0 Å². The third-order valence-corrected chi connectivity index (χ3v) is 4.17. The number of hydrogen-bond acceptors (Lipinski definition) is 0. The van der Waals surface area contributed by atoms with E-state index >= 15 is 0 Å². The fraction of sp³-hybridized carbons (Fsp3) is 0.733. The zero-order valence-corrected chi connectivity index (χ0v) is 10.2. The molecular formula is C15H24. The normalized spacial score (nSPS) is 32.8. The Balaban J connectivity index is 1.83. The molecule has 0 bridgehead atoms. The SMILES string of the molecule is CC1CCC(C(C)CC2=CCCC=C2)C1. The molecule has 1 saturated carbocycles. The van der Waals surface area contributed by atoms with Crippen molar-refractivity contribution in [2.75, 3.05) is 0 Å². The van der Waals surface area contributed by atoms with Gasteiger partial charge in [0.1, 0.15) is 0 Å². The minimum Gasteiger partial charge on any atom is -0.0840 e. The Morgan fingerprint density at radius 1 is 1.33 bits per heavy atom. The number of allylic oxidation sites excluding steroid dienone is 4. The Morgan fingerprint density at radius 2 is 2.20 bits per heavy atom. The summed E-state index contributed by atoms with van der Waals surface area (Å²) < 4.78 is 0. The van der Waals surface area contributed by atoms with Gasteiger partial charge in [-0.25, -0.2) is 0 Å². The van der Waals surface area contributed by atoms with Crippen LogP contribution in [0.1, 0.15) is 52.4 Å². The van der Waals surface area contributed by atoms with E-state index in [2.05, 4.69) is 32.1 Å². The van der Waals surface area contributed by atoms with Crippen molar-refractivity contribution >= 4 is 0 Å². The molecule has 0 nitrogen and oxygen atoms in total. The highest BCUT2D eigenvalue weighted by molar-refractivity contribution is 5.22. The van der Waals surface area contributed by atoms with E-state index < -0.39 is 0 Å². The summed E-state index contributed by atoms with van der Waals surface area (Å²) in [7, 11) is 0. The molecule has 0 aromatic carbocycles. The average molecular weight is 204 g/mol. The van der Waals surface area contributed by atoms with Crippen molar-refractivity contribution in [3.05, 3.63) is 23.8 Å². The second kappa shape index (κ2) is 5.01. The van der Waals surface area contributed by atoms with Gasteiger partial charge in [-0.15, -0.1) is 0 Å². The molecular weight excluding hydrogens is 180 g/mol. The monoisotopic (exact) mass is 204 g/mol. The number of hydrogen-bond donors (Lipinski definition) is 0. The Hall–Kier alpha value is -0.520. The molecule has 3 atom stereocenters. The molecule has 0 N–H and O–H groups in total. The molecule has 1 fully saturated rings. The van der Waals surface area contributed by atoms with E-state index in [1.807, 2.05) is 0 Å². The molecule has 0 heterocycles. The summed E-state index contributed by atoms with van der Waals surface area (Å²) in [6, 6.07) is 0. The maximum Gasteiger partial charge on any atom is -0.0254 e. The van der Waals surface area contributed by atoms with Gasteiger partial charge >= 0.3 is 0 Å². The van der Waals surface area contributed by atoms with Crippen LogP contribution in [0.5, 0.6) is 0 Å². The van der Waals surface area contributed by atoms with Crippen LogP contribution in [0.15, 0.2) is 23.8 Å². The third-order valence-electron chi connectivity index (χ3n) is 4.17. The summed E-state index contributed by atoms with van der Waals surface area (Å²) in [5, 5.41) is 0. The first-order valence-corrected chi connectivity index (χ1v) is 6.61. The van der Waals surface area contributed by atoms with Crippen LogP contribution in [-0.4, -0.2) is 0 Å². The summed E-state index contributed by atoms with van der Waals surface area (Å²) >= 11 is 0. The Morgan fingerprint density at radius 3 is 2.80 bits per heavy atom. The van der Waals surface area contributed by atoms with Gasteiger partial charge in [-0.05, 0) is 49.9 Å². The van der Waals surface area contributed by atoms with E-state index in [0.717, 1.165) is 17.8 Å². The van der Waals surface area contributed by atoms with Crippen LogP contribution in [0.25, 0.3) is 0 Å². The van der Waals surface area contributed by atoms with Crippen molar-refractivity contribution in [2.45, 2.75) is 52.4 Å². The topological polar surface area (TPSA) is 0 Å². The predicted molar refractivity (Wildman–Crippen MR) is 66.7 cm³/mol. The van der Waals surface area contributed by atoms with Gasteiger partial charge in [0.2, 0.25) is 0 Å². The summed E-state index contributed by atoms with van der Waals surface area (Å²) in [6.45, 7) is 4.86. The lowest BCUT2D eigenvalue weighted by molar-refractivity contribution is 0.355. The molecule has 2 rings (SSSR count). The van der Waals surface area contributed by atoms with E-state index in [0.29, 0.717) is 0 Å². The van der Waals surface area contributed by atoms with Crippen molar-refractivity contribution < 1.29 is 0 Å². The highest BCUT2D eigenvalue weighted by Gasteiger charge is 2.26. The molecule has 0 radical (unpaired) electrons. The molecule has 0 amide bonds. The second-order valence-electron chi connectivity index (χ2n) is 5.62. The molecule has 0 saturated heterocycles. The van der Waals surface area contributed by atoms with Crippen molar-refractivity contribution in [1.82, 2.24) is 0 Å². The van der Waals surface area contributed by atoms with Gasteiger partial charge in [-0.2, -0.15) is 0 Å².